The van der Waals surface area contributed by atoms with Crippen LogP contribution in [-0.4, -0.2) is 0 Å². The van der Waals surface area contributed by atoms with Gasteiger partial charge < -0.3 is 14.7 Å². The minimum absolute atomic E-state index is 1.04. The largest absolute Gasteiger partial charge is 0.315 e. The lowest BCUT2D eigenvalue weighted by molar-refractivity contribution is 1.09. The molecule has 4 rings (SSSR count). The van der Waals surface area contributed by atoms with E-state index in [1.807, 2.05) is 0 Å². The normalized spacial score (nSPS) is 13.9. The third-order valence-electron chi connectivity index (χ3n) is 9.11. The minimum Gasteiger partial charge on any atom is -0.315 e. The van der Waals surface area contributed by atoms with E-state index in [4.69, 9.17) is 0 Å². The Balaban J connectivity index is 1.88. The molecule has 0 aliphatic rings. The van der Waals surface area contributed by atoms with E-state index in [0.717, 1.165) is 51.2 Å². The number of benzene rings is 4. The molecule has 0 atom stereocenters. The lowest BCUT2D eigenvalue weighted by Gasteiger charge is -2.30. The van der Waals surface area contributed by atoms with Crippen LogP contribution >= 0.6 is 0 Å². The fourth-order valence-electron chi connectivity index (χ4n) is 6.26. The first kappa shape index (κ1) is 40.7. The highest BCUT2D eigenvalue weighted by molar-refractivity contribution is 5.71. The van der Waals surface area contributed by atoms with Gasteiger partial charge in [-0.1, -0.05) is 103 Å². The van der Waals surface area contributed by atoms with Crippen LogP contribution in [0.3, 0.4) is 0 Å². The van der Waals surface area contributed by atoms with Gasteiger partial charge in [0.05, 0.1) is 0 Å². The SMILES string of the molecule is C/C=C\C(=C/C)N(/C(C)=C/C=C(C)/C(C)=C/C=C(\C=C(\C)N(c1ccccc1)c1cccc(C)c1)N(C(/C=C\C)=C/C)c1ccccc1)c1ccccc1. The molecular weight excluding hydrogens is 655 g/mol. The molecule has 0 unspecified atom stereocenters. The Labute approximate surface area is 326 Å². The molecule has 0 bridgehead atoms. The van der Waals surface area contributed by atoms with E-state index in [1.165, 1.54) is 16.7 Å². The van der Waals surface area contributed by atoms with Crippen molar-refractivity contribution < 1.29 is 0 Å². The molecule has 0 aliphatic heterocycles. The van der Waals surface area contributed by atoms with E-state index in [9.17, 15) is 0 Å². The molecule has 0 saturated heterocycles. The Hall–Kier alpha value is -6.06. The number of rotatable bonds is 15. The van der Waals surface area contributed by atoms with Gasteiger partial charge in [-0.15, -0.1) is 0 Å². The van der Waals surface area contributed by atoms with E-state index in [-0.39, 0.29) is 0 Å². The summed E-state index contributed by atoms with van der Waals surface area (Å²) in [6.45, 7) is 19.2. The molecule has 3 heteroatoms. The highest BCUT2D eigenvalue weighted by Gasteiger charge is 2.17. The third kappa shape index (κ3) is 11.0. The molecule has 0 aliphatic carbocycles. The number of allylic oxidation sites excluding steroid dienone is 15. The Morgan fingerprint density at radius 2 is 0.907 bits per heavy atom. The van der Waals surface area contributed by atoms with Crippen LogP contribution < -0.4 is 14.7 Å². The van der Waals surface area contributed by atoms with Crippen LogP contribution in [0.25, 0.3) is 0 Å². The number of anilines is 4. The van der Waals surface area contributed by atoms with Crippen molar-refractivity contribution in [3.63, 3.8) is 0 Å². The van der Waals surface area contributed by atoms with Crippen LogP contribution in [0.5, 0.6) is 0 Å². The van der Waals surface area contributed by atoms with Gasteiger partial charge >= 0.3 is 0 Å². The van der Waals surface area contributed by atoms with Gasteiger partial charge in [-0.05, 0) is 158 Å². The van der Waals surface area contributed by atoms with Gasteiger partial charge in [0.25, 0.3) is 0 Å². The van der Waals surface area contributed by atoms with Crippen molar-refractivity contribution in [3.8, 4) is 0 Å². The monoisotopic (exact) mass is 711 g/mol. The lowest BCUT2D eigenvalue weighted by atomic mass is 10.1. The van der Waals surface area contributed by atoms with Crippen LogP contribution in [0.15, 0.2) is 222 Å². The number of aryl methyl sites for hydroxylation is 1. The van der Waals surface area contributed by atoms with E-state index in [0.29, 0.717) is 0 Å². The molecule has 3 nitrogen and oxygen atoms in total. The average molecular weight is 712 g/mol. The second kappa shape index (κ2) is 20.8. The average Bonchev–Trinajstić information content (AvgIpc) is 3.19. The summed E-state index contributed by atoms with van der Waals surface area (Å²) in [5.41, 5.74) is 13.5. The van der Waals surface area contributed by atoms with Gasteiger partial charge in [0, 0.05) is 51.2 Å². The molecule has 0 radical (unpaired) electrons. The van der Waals surface area contributed by atoms with Crippen molar-refractivity contribution in [1.82, 2.24) is 0 Å². The summed E-state index contributed by atoms with van der Waals surface area (Å²) < 4.78 is 0. The Morgan fingerprint density at radius 1 is 0.444 bits per heavy atom. The summed E-state index contributed by atoms with van der Waals surface area (Å²) in [6, 6.07) is 40.4. The van der Waals surface area contributed by atoms with E-state index in [1.54, 1.807) is 0 Å². The molecule has 0 aromatic heterocycles. The van der Waals surface area contributed by atoms with Crippen molar-refractivity contribution in [2.75, 3.05) is 14.7 Å². The van der Waals surface area contributed by atoms with Gasteiger partial charge in [0.1, 0.15) is 0 Å². The molecule has 0 saturated carbocycles. The summed E-state index contributed by atoms with van der Waals surface area (Å²) in [5, 5.41) is 0. The quantitative estimate of drug-likeness (QED) is 0.114. The molecule has 0 N–H and O–H groups in total. The summed E-state index contributed by atoms with van der Waals surface area (Å²) in [7, 11) is 0. The molecule has 0 amide bonds. The molecule has 0 heterocycles. The van der Waals surface area contributed by atoms with Crippen molar-refractivity contribution in [2.24, 2.45) is 0 Å². The molecule has 0 fully saturated rings. The van der Waals surface area contributed by atoms with Gasteiger partial charge in [0.15, 0.2) is 0 Å². The van der Waals surface area contributed by atoms with Gasteiger partial charge in [0.2, 0.25) is 0 Å². The van der Waals surface area contributed by atoms with Gasteiger partial charge in [-0.25, -0.2) is 0 Å². The number of hydrogen-bond acceptors (Lipinski definition) is 3. The zero-order chi connectivity index (χ0) is 38.9. The summed E-state index contributed by atoms with van der Waals surface area (Å²) >= 11 is 0. The highest BCUT2D eigenvalue weighted by atomic mass is 15.2. The smallest absolute Gasteiger partial charge is 0.0478 e. The molecular formula is C51H57N3. The molecule has 54 heavy (non-hydrogen) atoms. The predicted octanol–water partition coefficient (Wildman–Crippen LogP) is 14.7. The zero-order valence-corrected chi connectivity index (χ0v) is 33.7. The maximum Gasteiger partial charge on any atom is 0.0478 e. The first-order chi connectivity index (χ1) is 26.2. The summed E-state index contributed by atoms with van der Waals surface area (Å²) in [6.07, 6.45) is 24.0. The lowest BCUT2D eigenvalue weighted by Crippen LogP contribution is -2.22. The third-order valence-corrected chi connectivity index (χ3v) is 9.11. The van der Waals surface area contributed by atoms with Crippen molar-refractivity contribution in [2.45, 2.75) is 62.3 Å². The Kier molecular flexibility index (Phi) is 15.7. The van der Waals surface area contributed by atoms with Crippen molar-refractivity contribution in [1.29, 1.82) is 0 Å². The Morgan fingerprint density at radius 3 is 1.41 bits per heavy atom. The number of para-hydroxylation sites is 3. The molecule has 4 aromatic carbocycles. The van der Waals surface area contributed by atoms with Gasteiger partial charge in [-0.2, -0.15) is 0 Å². The van der Waals surface area contributed by atoms with Crippen molar-refractivity contribution >= 4 is 22.7 Å². The second-order valence-electron chi connectivity index (χ2n) is 13.2. The van der Waals surface area contributed by atoms with Crippen LogP contribution in [0, 0.1) is 6.92 Å². The Bertz CT molecular complexity index is 2090. The minimum atomic E-state index is 1.04. The first-order valence-electron chi connectivity index (χ1n) is 18.8. The van der Waals surface area contributed by atoms with Gasteiger partial charge in [-0.3, -0.25) is 0 Å². The second-order valence-corrected chi connectivity index (χ2v) is 13.2. The number of nitrogens with zero attached hydrogens (tertiary/aromatic N) is 3. The molecule has 0 spiro atoms. The van der Waals surface area contributed by atoms with Crippen LogP contribution in [0.1, 0.15) is 61.0 Å². The maximum absolute atomic E-state index is 2.33. The first-order valence-corrected chi connectivity index (χ1v) is 18.8. The number of hydrogen-bond donors (Lipinski definition) is 0. The van der Waals surface area contributed by atoms with Crippen LogP contribution in [0.2, 0.25) is 0 Å². The zero-order valence-electron chi connectivity index (χ0n) is 33.7. The summed E-state index contributed by atoms with van der Waals surface area (Å²) in [4.78, 5) is 6.95. The van der Waals surface area contributed by atoms with Crippen LogP contribution in [0.4, 0.5) is 22.7 Å². The highest BCUT2D eigenvalue weighted by Crippen LogP contribution is 2.33. The van der Waals surface area contributed by atoms with E-state index >= 15 is 0 Å². The van der Waals surface area contributed by atoms with E-state index < -0.39 is 0 Å². The maximum atomic E-state index is 2.33. The standard InChI is InChI=1S/C51H57N3/c1-10-24-45(12-3)52(47-27-17-14-18-28-47)43(8)36-34-41(6)42(7)35-37-51(54(46(13-4)25-11-2)49-31-21-16-22-32-49)39-44(9)53(48-29-19-15-20-30-48)50-33-23-26-40(5)38-50/h10-39H,1-9H3/b24-10-,25-11-,41-34+,42-35+,43-36+,44-39-,45-12+,46-13+,51-37+. The van der Waals surface area contributed by atoms with E-state index in [2.05, 4.69) is 259 Å². The molecule has 4 aromatic rings. The molecule has 276 valence electrons. The van der Waals surface area contributed by atoms with Crippen LogP contribution in [-0.2, 0) is 0 Å². The van der Waals surface area contributed by atoms with Crippen molar-refractivity contribution in [3.05, 3.63) is 227 Å². The fraction of sp³-hybridized carbons (Fsp3) is 0.176. The predicted molar refractivity (Wildman–Crippen MR) is 238 cm³/mol. The summed E-state index contributed by atoms with van der Waals surface area (Å²) in [5.74, 6) is 0. The fourth-order valence-corrected chi connectivity index (χ4v) is 6.26. The topological polar surface area (TPSA) is 9.72 Å².